The third-order valence-corrected chi connectivity index (χ3v) is 3.52. The Labute approximate surface area is 111 Å². The number of nitrogens with zero attached hydrogens (tertiary/aromatic N) is 1. The van der Waals surface area contributed by atoms with Crippen molar-refractivity contribution < 1.29 is 4.79 Å². The fourth-order valence-corrected chi connectivity index (χ4v) is 2.58. The van der Waals surface area contributed by atoms with Crippen LogP contribution in [0.4, 0.5) is 0 Å². The Kier molecular flexibility index (Phi) is 2.95. The van der Waals surface area contributed by atoms with E-state index in [-0.39, 0.29) is 5.91 Å². The van der Waals surface area contributed by atoms with E-state index < -0.39 is 0 Å². The van der Waals surface area contributed by atoms with Crippen molar-refractivity contribution in [1.82, 2.24) is 9.88 Å². The van der Waals surface area contributed by atoms with Gasteiger partial charge < -0.3 is 9.88 Å². The number of nitrogens with one attached hydrogen (secondary N) is 1. The van der Waals surface area contributed by atoms with E-state index in [2.05, 4.69) is 46.3 Å². The quantitative estimate of drug-likeness (QED) is 0.764. The zero-order valence-corrected chi connectivity index (χ0v) is 10.9. The van der Waals surface area contributed by atoms with E-state index in [4.69, 9.17) is 0 Å². The van der Waals surface area contributed by atoms with Gasteiger partial charge >= 0.3 is 0 Å². The molecule has 1 heterocycles. The van der Waals surface area contributed by atoms with Gasteiger partial charge in [-0.15, -0.1) is 0 Å². The first kappa shape index (κ1) is 11.8. The average molecular weight is 252 g/mol. The van der Waals surface area contributed by atoms with Crippen molar-refractivity contribution >= 4 is 27.7 Å². The number of carbonyl (C=O) groups excluding carboxylic acids is 1. The lowest BCUT2D eigenvalue weighted by atomic mass is 10.2. The highest BCUT2D eigenvalue weighted by Crippen LogP contribution is 2.28. The molecule has 1 amide bonds. The molecule has 0 atom stereocenters. The third-order valence-electron chi connectivity index (χ3n) is 3.52. The van der Waals surface area contributed by atoms with Crippen LogP contribution in [0.5, 0.6) is 0 Å². The second kappa shape index (κ2) is 4.76. The summed E-state index contributed by atoms with van der Waals surface area (Å²) in [7, 11) is 1.67. The van der Waals surface area contributed by atoms with E-state index in [9.17, 15) is 4.79 Å². The monoisotopic (exact) mass is 252 g/mol. The van der Waals surface area contributed by atoms with Crippen LogP contribution in [0.1, 0.15) is 6.42 Å². The molecule has 0 aliphatic rings. The number of benzene rings is 2. The first-order valence-corrected chi connectivity index (χ1v) is 6.48. The molecule has 0 unspecified atom stereocenters. The van der Waals surface area contributed by atoms with Crippen LogP contribution >= 0.6 is 0 Å². The van der Waals surface area contributed by atoms with Gasteiger partial charge in [0.1, 0.15) is 0 Å². The predicted octanol–water partition coefficient (Wildman–Crippen LogP) is 2.93. The minimum Gasteiger partial charge on any atom is -0.359 e. The fraction of sp³-hybridized carbons (Fsp3) is 0.188. The van der Waals surface area contributed by atoms with Crippen LogP contribution in [0.15, 0.2) is 48.5 Å². The summed E-state index contributed by atoms with van der Waals surface area (Å²) in [5, 5.41) is 5.16. The van der Waals surface area contributed by atoms with Crippen molar-refractivity contribution in [2.75, 3.05) is 7.05 Å². The standard InChI is InChI=1S/C16H16N2O/c1-17-16(19)10-11-18-14-8-4-2-6-12(14)13-7-3-5-9-15(13)18/h2-9H,10-11H2,1H3,(H,17,19). The Bertz CT molecular complexity index is 689. The van der Waals surface area contributed by atoms with Gasteiger partial charge in [0.25, 0.3) is 0 Å². The van der Waals surface area contributed by atoms with Gasteiger partial charge in [-0.2, -0.15) is 0 Å². The molecule has 3 nitrogen and oxygen atoms in total. The number of hydrogen-bond acceptors (Lipinski definition) is 1. The predicted molar refractivity (Wildman–Crippen MR) is 78.1 cm³/mol. The topological polar surface area (TPSA) is 34.0 Å². The molecule has 96 valence electrons. The van der Waals surface area contributed by atoms with Gasteiger partial charge in [0.2, 0.25) is 5.91 Å². The van der Waals surface area contributed by atoms with Crippen LogP contribution in [0, 0.1) is 0 Å². The zero-order valence-electron chi connectivity index (χ0n) is 10.9. The van der Waals surface area contributed by atoms with Crippen LogP contribution in [0.2, 0.25) is 0 Å². The number of para-hydroxylation sites is 2. The molecule has 1 aromatic heterocycles. The van der Waals surface area contributed by atoms with Crippen LogP contribution in [-0.4, -0.2) is 17.5 Å². The lowest BCUT2D eigenvalue weighted by molar-refractivity contribution is -0.120. The van der Waals surface area contributed by atoms with E-state index in [0.717, 1.165) is 0 Å². The number of aromatic nitrogens is 1. The SMILES string of the molecule is CNC(=O)CCn1c2ccccc2c2ccccc21. The fourth-order valence-electron chi connectivity index (χ4n) is 2.58. The maximum absolute atomic E-state index is 11.5. The minimum atomic E-state index is 0.0712. The van der Waals surface area contributed by atoms with E-state index in [1.165, 1.54) is 21.8 Å². The maximum Gasteiger partial charge on any atom is 0.221 e. The zero-order chi connectivity index (χ0) is 13.2. The Hall–Kier alpha value is -2.29. The van der Waals surface area contributed by atoms with Crippen LogP contribution in [0.3, 0.4) is 0 Å². The second-order valence-corrected chi connectivity index (χ2v) is 4.61. The summed E-state index contributed by atoms with van der Waals surface area (Å²) in [6.45, 7) is 0.702. The van der Waals surface area contributed by atoms with Gasteiger partial charge in [0.15, 0.2) is 0 Å². The van der Waals surface area contributed by atoms with Gasteiger partial charge in [0.05, 0.1) is 0 Å². The molecule has 0 saturated heterocycles. The molecule has 0 spiro atoms. The van der Waals surface area contributed by atoms with Crippen LogP contribution < -0.4 is 5.32 Å². The second-order valence-electron chi connectivity index (χ2n) is 4.61. The normalized spacial score (nSPS) is 11.0. The summed E-state index contributed by atoms with van der Waals surface area (Å²) in [4.78, 5) is 11.5. The highest BCUT2D eigenvalue weighted by Gasteiger charge is 2.10. The summed E-state index contributed by atoms with van der Waals surface area (Å²) in [5.74, 6) is 0.0712. The number of fused-ring (bicyclic) bond motifs is 3. The average Bonchev–Trinajstić information content (AvgIpc) is 2.79. The van der Waals surface area contributed by atoms with E-state index >= 15 is 0 Å². The van der Waals surface area contributed by atoms with Gasteiger partial charge in [-0.25, -0.2) is 0 Å². The molecule has 0 bridgehead atoms. The van der Waals surface area contributed by atoms with Crippen molar-refractivity contribution in [2.24, 2.45) is 0 Å². The number of hydrogen-bond donors (Lipinski definition) is 1. The minimum absolute atomic E-state index is 0.0712. The number of amides is 1. The number of rotatable bonds is 3. The molecule has 0 saturated carbocycles. The Morgan fingerprint density at radius 3 is 2.05 bits per heavy atom. The number of carbonyl (C=O) groups is 1. The molecule has 3 aromatic rings. The molecule has 0 aliphatic carbocycles. The van der Waals surface area contributed by atoms with Gasteiger partial charge in [-0.1, -0.05) is 36.4 Å². The molecule has 3 rings (SSSR count). The number of aryl methyl sites for hydroxylation is 1. The summed E-state index contributed by atoms with van der Waals surface area (Å²) in [6.07, 6.45) is 0.499. The van der Waals surface area contributed by atoms with Crippen molar-refractivity contribution in [3.05, 3.63) is 48.5 Å². The molecule has 2 aromatic carbocycles. The highest BCUT2D eigenvalue weighted by molar-refractivity contribution is 6.08. The first-order chi connectivity index (χ1) is 9.31. The van der Waals surface area contributed by atoms with E-state index in [1.807, 2.05) is 12.1 Å². The lowest BCUT2D eigenvalue weighted by Crippen LogP contribution is -2.19. The van der Waals surface area contributed by atoms with E-state index in [0.29, 0.717) is 13.0 Å². The largest absolute Gasteiger partial charge is 0.359 e. The summed E-state index contributed by atoms with van der Waals surface area (Å²) in [6, 6.07) is 16.7. The summed E-state index contributed by atoms with van der Waals surface area (Å²) < 4.78 is 2.22. The van der Waals surface area contributed by atoms with Gasteiger partial charge in [0, 0.05) is 41.8 Å². The van der Waals surface area contributed by atoms with Crippen molar-refractivity contribution in [3.63, 3.8) is 0 Å². The first-order valence-electron chi connectivity index (χ1n) is 6.48. The third kappa shape index (κ3) is 1.97. The molecule has 19 heavy (non-hydrogen) atoms. The molecule has 3 heteroatoms. The van der Waals surface area contributed by atoms with Crippen LogP contribution in [0.25, 0.3) is 21.8 Å². The Balaban J connectivity index is 2.16. The van der Waals surface area contributed by atoms with Crippen molar-refractivity contribution in [3.8, 4) is 0 Å². The molecular formula is C16H16N2O. The Morgan fingerprint density at radius 2 is 1.53 bits per heavy atom. The van der Waals surface area contributed by atoms with Crippen LogP contribution in [-0.2, 0) is 11.3 Å². The van der Waals surface area contributed by atoms with Crippen molar-refractivity contribution in [1.29, 1.82) is 0 Å². The molecule has 1 N–H and O–H groups in total. The molecule has 0 aliphatic heterocycles. The molecule has 0 fully saturated rings. The molecular weight excluding hydrogens is 236 g/mol. The smallest absolute Gasteiger partial charge is 0.221 e. The molecule has 0 radical (unpaired) electrons. The van der Waals surface area contributed by atoms with Gasteiger partial charge in [-0.05, 0) is 12.1 Å². The maximum atomic E-state index is 11.5. The lowest BCUT2D eigenvalue weighted by Gasteiger charge is -2.06. The summed E-state index contributed by atoms with van der Waals surface area (Å²) in [5.41, 5.74) is 2.38. The summed E-state index contributed by atoms with van der Waals surface area (Å²) >= 11 is 0. The van der Waals surface area contributed by atoms with E-state index in [1.54, 1.807) is 7.05 Å². The van der Waals surface area contributed by atoms with Gasteiger partial charge in [-0.3, -0.25) is 4.79 Å². The Morgan fingerprint density at radius 1 is 1.00 bits per heavy atom. The van der Waals surface area contributed by atoms with Crippen molar-refractivity contribution in [2.45, 2.75) is 13.0 Å². The highest BCUT2D eigenvalue weighted by atomic mass is 16.1.